The van der Waals surface area contributed by atoms with Crippen molar-refractivity contribution < 1.29 is 9.53 Å². The molecule has 0 atom stereocenters. The fourth-order valence-corrected chi connectivity index (χ4v) is 1.83. The zero-order chi connectivity index (χ0) is 14.5. The Hall–Kier alpha value is -2.56. The van der Waals surface area contributed by atoms with E-state index in [4.69, 9.17) is 4.74 Å². The first-order valence-electron chi connectivity index (χ1n) is 6.18. The van der Waals surface area contributed by atoms with Crippen LogP contribution in [0.1, 0.15) is 15.9 Å². The van der Waals surface area contributed by atoms with Gasteiger partial charge < -0.3 is 14.6 Å². The molecule has 104 valence electrons. The van der Waals surface area contributed by atoms with Gasteiger partial charge in [0.05, 0.1) is 7.11 Å². The van der Waals surface area contributed by atoms with Crippen molar-refractivity contribution in [1.29, 1.82) is 0 Å². The molecule has 0 fully saturated rings. The van der Waals surface area contributed by atoms with Crippen LogP contribution in [0.5, 0.6) is 5.75 Å². The molecule has 0 radical (unpaired) electrons. The van der Waals surface area contributed by atoms with Gasteiger partial charge in [0.2, 0.25) is 0 Å². The smallest absolute Gasteiger partial charge is 0.255 e. The van der Waals surface area contributed by atoms with E-state index >= 15 is 0 Å². The molecule has 0 aliphatic rings. The molecule has 0 aliphatic carbocycles. The van der Waals surface area contributed by atoms with Gasteiger partial charge in [-0.15, -0.1) is 0 Å². The minimum Gasteiger partial charge on any atom is -0.497 e. The highest BCUT2D eigenvalue weighted by atomic mass is 16.5. The summed E-state index contributed by atoms with van der Waals surface area (Å²) >= 11 is 0. The number of hydrogen-bond donors (Lipinski definition) is 1. The topological polar surface area (TPSA) is 60.3 Å². The SMILES string of the molecule is COc1cccc(C(=O)NCc2cccn(C)c2=O)c1. The van der Waals surface area contributed by atoms with Crippen LogP contribution < -0.4 is 15.6 Å². The molecule has 1 aromatic carbocycles. The molecule has 1 heterocycles. The quantitative estimate of drug-likeness (QED) is 0.913. The Morgan fingerprint density at radius 1 is 1.30 bits per heavy atom. The molecule has 2 rings (SSSR count). The summed E-state index contributed by atoms with van der Waals surface area (Å²) in [6.07, 6.45) is 1.68. The number of methoxy groups -OCH3 is 1. The zero-order valence-electron chi connectivity index (χ0n) is 11.4. The van der Waals surface area contributed by atoms with Crippen LogP contribution in [0, 0.1) is 0 Å². The van der Waals surface area contributed by atoms with Gasteiger partial charge in [0.15, 0.2) is 0 Å². The number of nitrogens with zero attached hydrogens (tertiary/aromatic N) is 1. The number of aryl methyl sites for hydroxylation is 1. The van der Waals surface area contributed by atoms with Crippen LogP contribution in [0.4, 0.5) is 0 Å². The molecule has 0 aliphatic heterocycles. The fraction of sp³-hybridized carbons (Fsp3) is 0.200. The standard InChI is InChI=1S/C15H16N2O3/c1-17-8-4-6-12(15(17)19)10-16-14(18)11-5-3-7-13(9-11)20-2/h3-9H,10H2,1-2H3,(H,16,18). The Morgan fingerprint density at radius 3 is 2.85 bits per heavy atom. The van der Waals surface area contributed by atoms with E-state index in [1.807, 2.05) is 0 Å². The van der Waals surface area contributed by atoms with Gasteiger partial charge in [-0.3, -0.25) is 9.59 Å². The summed E-state index contributed by atoms with van der Waals surface area (Å²) in [6.45, 7) is 0.198. The van der Waals surface area contributed by atoms with E-state index in [2.05, 4.69) is 5.32 Å². The van der Waals surface area contributed by atoms with E-state index in [9.17, 15) is 9.59 Å². The van der Waals surface area contributed by atoms with Gasteiger partial charge in [0.25, 0.3) is 11.5 Å². The normalized spacial score (nSPS) is 10.1. The van der Waals surface area contributed by atoms with E-state index in [-0.39, 0.29) is 18.0 Å². The molecule has 1 amide bonds. The molecule has 5 nitrogen and oxygen atoms in total. The van der Waals surface area contributed by atoms with Crippen molar-refractivity contribution in [2.45, 2.75) is 6.54 Å². The number of pyridine rings is 1. The third-order valence-electron chi connectivity index (χ3n) is 2.97. The summed E-state index contributed by atoms with van der Waals surface area (Å²) in [7, 11) is 3.22. The summed E-state index contributed by atoms with van der Waals surface area (Å²) < 4.78 is 6.55. The number of carbonyl (C=O) groups is 1. The maximum atomic E-state index is 12.0. The molecule has 0 spiro atoms. The number of nitrogens with one attached hydrogen (secondary N) is 1. The summed E-state index contributed by atoms with van der Waals surface area (Å²) in [6, 6.07) is 10.3. The second-order valence-electron chi connectivity index (χ2n) is 4.36. The van der Waals surface area contributed by atoms with Crippen molar-refractivity contribution in [2.24, 2.45) is 7.05 Å². The number of benzene rings is 1. The van der Waals surface area contributed by atoms with E-state index in [0.29, 0.717) is 16.9 Å². The highest BCUT2D eigenvalue weighted by molar-refractivity contribution is 5.94. The summed E-state index contributed by atoms with van der Waals surface area (Å²) in [4.78, 5) is 23.8. The van der Waals surface area contributed by atoms with Crippen LogP contribution in [-0.2, 0) is 13.6 Å². The summed E-state index contributed by atoms with van der Waals surface area (Å²) in [5, 5.41) is 2.73. The molecular formula is C15H16N2O3. The zero-order valence-corrected chi connectivity index (χ0v) is 11.4. The van der Waals surface area contributed by atoms with Crippen molar-refractivity contribution in [3.05, 3.63) is 64.1 Å². The fourth-order valence-electron chi connectivity index (χ4n) is 1.83. The number of aromatic nitrogens is 1. The largest absolute Gasteiger partial charge is 0.497 e. The van der Waals surface area contributed by atoms with Crippen LogP contribution in [-0.4, -0.2) is 17.6 Å². The predicted octanol–water partition coefficient (Wildman–Crippen LogP) is 1.32. The molecule has 0 bridgehead atoms. The predicted molar refractivity (Wildman–Crippen MR) is 75.8 cm³/mol. The van der Waals surface area contributed by atoms with E-state index < -0.39 is 0 Å². The number of ether oxygens (including phenoxy) is 1. The summed E-state index contributed by atoms with van der Waals surface area (Å²) in [5.41, 5.74) is 0.932. The van der Waals surface area contributed by atoms with E-state index in [0.717, 1.165) is 0 Å². The molecule has 5 heteroatoms. The minimum absolute atomic E-state index is 0.113. The first kappa shape index (κ1) is 13.9. The second kappa shape index (κ2) is 6.06. The third-order valence-corrected chi connectivity index (χ3v) is 2.97. The Bertz CT molecular complexity index is 677. The average molecular weight is 272 g/mol. The lowest BCUT2D eigenvalue weighted by Gasteiger charge is -2.07. The molecule has 0 saturated heterocycles. The molecule has 2 aromatic rings. The van der Waals surface area contributed by atoms with Crippen molar-refractivity contribution in [3.8, 4) is 5.75 Å². The minimum atomic E-state index is -0.241. The van der Waals surface area contributed by atoms with Crippen molar-refractivity contribution >= 4 is 5.91 Å². The number of carbonyl (C=O) groups excluding carboxylic acids is 1. The first-order valence-corrected chi connectivity index (χ1v) is 6.18. The lowest BCUT2D eigenvalue weighted by atomic mass is 10.2. The van der Waals surface area contributed by atoms with Crippen LogP contribution in [0.2, 0.25) is 0 Å². The Morgan fingerprint density at radius 2 is 2.10 bits per heavy atom. The van der Waals surface area contributed by atoms with Gasteiger partial charge in [0.1, 0.15) is 5.75 Å². The van der Waals surface area contributed by atoms with E-state index in [1.165, 1.54) is 4.57 Å². The summed E-state index contributed by atoms with van der Waals surface area (Å²) in [5.74, 6) is 0.378. The highest BCUT2D eigenvalue weighted by Crippen LogP contribution is 2.12. The van der Waals surface area contributed by atoms with Crippen molar-refractivity contribution in [2.75, 3.05) is 7.11 Å². The van der Waals surface area contributed by atoms with Crippen LogP contribution in [0.3, 0.4) is 0 Å². The van der Waals surface area contributed by atoms with Gasteiger partial charge in [-0.2, -0.15) is 0 Å². The number of rotatable bonds is 4. The van der Waals surface area contributed by atoms with E-state index in [1.54, 1.807) is 56.8 Å². The Labute approximate surface area is 116 Å². The molecular weight excluding hydrogens is 256 g/mol. The molecule has 1 aromatic heterocycles. The van der Waals surface area contributed by atoms with Gasteiger partial charge in [0, 0.05) is 30.9 Å². The molecule has 0 unspecified atom stereocenters. The van der Waals surface area contributed by atoms with Gasteiger partial charge in [-0.1, -0.05) is 12.1 Å². The average Bonchev–Trinajstić information content (AvgIpc) is 2.48. The lowest BCUT2D eigenvalue weighted by Crippen LogP contribution is -2.28. The van der Waals surface area contributed by atoms with Gasteiger partial charge in [-0.25, -0.2) is 0 Å². The van der Waals surface area contributed by atoms with Gasteiger partial charge >= 0.3 is 0 Å². The van der Waals surface area contributed by atoms with Crippen LogP contribution >= 0.6 is 0 Å². The highest BCUT2D eigenvalue weighted by Gasteiger charge is 2.08. The third kappa shape index (κ3) is 3.06. The van der Waals surface area contributed by atoms with Crippen molar-refractivity contribution in [3.63, 3.8) is 0 Å². The van der Waals surface area contributed by atoms with Crippen LogP contribution in [0.15, 0.2) is 47.4 Å². The maximum Gasteiger partial charge on any atom is 0.255 e. The molecule has 0 saturated carbocycles. The Balaban J connectivity index is 2.08. The van der Waals surface area contributed by atoms with Crippen LogP contribution in [0.25, 0.3) is 0 Å². The maximum absolute atomic E-state index is 12.0. The second-order valence-corrected chi connectivity index (χ2v) is 4.36. The van der Waals surface area contributed by atoms with Crippen molar-refractivity contribution in [1.82, 2.24) is 9.88 Å². The number of hydrogen-bond acceptors (Lipinski definition) is 3. The lowest BCUT2D eigenvalue weighted by molar-refractivity contribution is 0.0950. The molecule has 1 N–H and O–H groups in total. The number of amides is 1. The monoisotopic (exact) mass is 272 g/mol. The van der Waals surface area contributed by atoms with Gasteiger partial charge in [-0.05, 0) is 24.3 Å². The molecule has 20 heavy (non-hydrogen) atoms. The Kier molecular flexibility index (Phi) is 4.20. The first-order chi connectivity index (χ1) is 9.61.